The maximum atomic E-state index is 12.5. The van der Waals surface area contributed by atoms with E-state index in [1.165, 1.54) is 11.8 Å². The van der Waals surface area contributed by atoms with Crippen molar-refractivity contribution in [3.8, 4) is 0 Å². The Hall–Kier alpha value is -2.02. The smallest absolute Gasteiger partial charge is 0.234 e. The molecule has 7 heteroatoms. The number of nitrogens with zero attached hydrogens (tertiary/aromatic N) is 3. The van der Waals surface area contributed by atoms with Crippen molar-refractivity contribution < 1.29 is 4.79 Å². The molecule has 0 aromatic heterocycles. The van der Waals surface area contributed by atoms with Crippen LogP contribution in [0.15, 0.2) is 53.5 Å². The number of nitrogens with one attached hydrogen (secondary N) is 1. The Morgan fingerprint density at radius 2 is 1.86 bits per heavy atom. The van der Waals surface area contributed by atoms with Gasteiger partial charge in [-0.3, -0.25) is 4.79 Å². The van der Waals surface area contributed by atoms with E-state index in [2.05, 4.69) is 22.2 Å². The second-order valence-electron chi connectivity index (χ2n) is 6.82. The van der Waals surface area contributed by atoms with Crippen LogP contribution in [-0.4, -0.2) is 59.9 Å². The van der Waals surface area contributed by atoms with Gasteiger partial charge in [0.1, 0.15) is 0 Å². The summed E-state index contributed by atoms with van der Waals surface area (Å²) in [5.74, 6) is 0.231. The molecule has 2 aromatic rings. The van der Waals surface area contributed by atoms with Crippen molar-refractivity contribution >= 4 is 45.8 Å². The first kappa shape index (κ1) is 20.7. The lowest BCUT2D eigenvalue weighted by molar-refractivity contribution is -0.113. The number of aryl methyl sites for hydroxylation is 1. The SMILES string of the molecule is Cc1ccc(Cl)cc1NC(=O)CSC(=Nc1ccccc1)N1CCN(C)CC1. The third kappa shape index (κ3) is 5.99. The first-order chi connectivity index (χ1) is 13.5. The number of halogens is 1. The van der Waals surface area contributed by atoms with E-state index >= 15 is 0 Å². The molecule has 1 aliphatic heterocycles. The number of amidine groups is 1. The van der Waals surface area contributed by atoms with Gasteiger partial charge in [-0.15, -0.1) is 0 Å². The van der Waals surface area contributed by atoms with Crippen LogP contribution in [0.5, 0.6) is 0 Å². The van der Waals surface area contributed by atoms with Crippen molar-refractivity contribution in [3.63, 3.8) is 0 Å². The molecule has 5 nitrogen and oxygen atoms in total. The summed E-state index contributed by atoms with van der Waals surface area (Å²) in [5, 5.41) is 4.45. The number of hydrogen-bond acceptors (Lipinski definition) is 4. The Morgan fingerprint density at radius 3 is 2.57 bits per heavy atom. The molecule has 148 valence electrons. The molecule has 0 atom stereocenters. The van der Waals surface area contributed by atoms with Crippen molar-refractivity contribution in [2.24, 2.45) is 4.99 Å². The van der Waals surface area contributed by atoms with Gasteiger partial charge in [-0.1, -0.05) is 47.6 Å². The summed E-state index contributed by atoms with van der Waals surface area (Å²) in [6, 6.07) is 15.4. The Balaban J connectivity index is 1.68. The van der Waals surface area contributed by atoms with Crippen molar-refractivity contribution in [3.05, 3.63) is 59.1 Å². The molecule has 0 aliphatic carbocycles. The number of likely N-dealkylation sites (N-methyl/N-ethyl adjacent to an activating group) is 1. The van der Waals surface area contributed by atoms with E-state index in [1.807, 2.05) is 49.4 Å². The molecule has 1 saturated heterocycles. The summed E-state index contributed by atoms with van der Waals surface area (Å²) < 4.78 is 0. The second-order valence-corrected chi connectivity index (χ2v) is 8.20. The zero-order valence-electron chi connectivity index (χ0n) is 16.2. The number of rotatable bonds is 4. The Morgan fingerprint density at radius 1 is 1.14 bits per heavy atom. The highest BCUT2D eigenvalue weighted by molar-refractivity contribution is 8.14. The van der Waals surface area contributed by atoms with Gasteiger partial charge in [0.2, 0.25) is 5.91 Å². The number of hydrogen-bond donors (Lipinski definition) is 1. The highest BCUT2D eigenvalue weighted by Crippen LogP contribution is 2.22. The standard InChI is InChI=1S/C21H25ClN4OS/c1-16-8-9-17(22)14-19(16)24-20(27)15-28-21(23-18-6-4-3-5-7-18)26-12-10-25(2)11-13-26/h3-9,14H,10-13,15H2,1-2H3,(H,24,27). The van der Waals surface area contributed by atoms with E-state index in [1.54, 1.807) is 6.07 Å². The number of thioether (sulfide) groups is 1. The first-order valence-corrected chi connectivity index (χ1v) is 10.6. The van der Waals surface area contributed by atoms with Gasteiger partial charge in [-0.25, -0.2) is 4.99 Å². The van der Waals surface area contributed by atoms with E-state index in [4.69, 9.17) is 16.6 Å². The monoisotopic (exact) mass is 416 g/mol. The van der Waals surface area contributed by atoms with Crippen LogP contribution in [-0.2, 0) is 4.79 Å². The van der Waals surface area contributed by atoms with Gasteiger partial charge in [0.05, 0.1) is 11.4 Å². The minimum atomic E-state index is -0.0646. The fraction of sp³-hybridized carbons (Fsp3) is 0.333. The number of benzene rings is 2. The third-order valence-corrected chi connectivity index (χ3v) is 5.81. The van der Waals surface area contributed by atoms with Gasteiger partial charge in [0, 0.05) is 36.9 Å². The van der Waals surface area contributed by atoms with Crippen LogP contribution in [0.2, 0.25) is 5.02 Å². The van der Waals surface area contributed by atoms with Crippen LogP contribution >= 0.6 is 23.4 Å². The molecule has 1 heterocycles. The molecule has 2 aromatic carbocycles. The number of carbonyl (C=O) groups is 1. The highest BCUT2D eigenvalue weighted by Gasteiger charge is 2.19. The predicted molar refractivity (Wildman–Crippen MR) is 120 cm³/mol. The number of piperazine rings is 1. The summed E-state index contributed by atoms with van der Waals surface area (Å²) in [6.45, 7) is 5.74. The largest absolute Gasteiger partial charge is 0.349 e. The van der Waals surface area contributed by atoms with Gasteiger partial charge in [-0.05, 0) is 43.8 Å². The lowest BCUT2D eigenvalue weighted by Crippen LogP contribution is -2.46. The van der Waals surface area contributed by atoms with Gasteiger partial charge >= 0.3 is 0 Å². The van der Waals surface area contributed by atoms with E-state index in [0.717, 1.165) is 48.3 Å². The van der Waals surface area contributed by atoms with Crippen LogP contribution in [0.3, 0.4) is 0 Å². The van der Waals surface area contributed by atoms with Crippen molar-refractivity contribution in [1.82, 2.24) is 9.80 Å². The molecule has 1 fully saturated rings. The van der Waals surface area contributed by atoms with Crippen LogP contribution in [0.1, 0.15) is 5.56 Å². The lowest BCUT2D eigenvalue weighted by Gasteiger charge is -2.34. The second kappa shape index (κ2) is 9.96. The summed E-state index contributed by atoms with van der Waals surface area (Å²) in [7, 11) is 2.12. The fourth-order valence-electron chi connectivity index (χ4n) is 2.85. The van der Waals surface area contributed by atoms with Crippen LogP contribution in [0.4, 0.5) is 11.4 Å². The molecule has 0 radical (unpaired) electrons. The van der Waals surface area contributed by atoms with Crippen molar-refractivity contribution in [2.75, 3.05) is 44.3 Å². The molecule has 0 unspecified atom stereocenters. The van der Waals surface area contributed by atoms with E-state index in [9.17, 15) is 4.79 Å². The molecular formula is C21H25ClN4OS. The van der Waals surface area contributed by atoms with Gasteiger partial charge < -0.3 is 15.1 Å². The minimum Gasteiger partial charge on any atom is -0.349 e. The molecule has 1 amide bonds. The number of carbonyl (C=O) groups excluding carboxylic acids is 1. The summed E-state index contributed by atoms with van der Waals surface area (Å²) in [5.41, 5.74) is 2.63. The molecule has 3 rings (SSSR count). The van der Waals surface area contributed by atoms with E-state index in [0.29, 0.717) is 10.8 Å². The van der Waals surface area contributed by atoms with Crippen LogP contribution < -0.4 is 5.32 Å². The highest BCUT2D eigenvalue weighted by atomic mass is 35.5. The lowest BCUT2D eigenvalue weighted by atomic mass is 10.2. The molecule has 28 heavy (non-hydrogen) atoms. The first-order valence-electron chi connectivity index (χ1n) is 9.27. The van der Waals surface area contributed by atoms with E-state index < -0.39 is 0 Å². The average Bonchev–Trinajstić information content (AvgIpc) is 2.69. The average molecular weight is 417 g/mol. The predicted octanol–water partition coefficient (Wildman–Crippen LogP) is 4.26. The summed E-state index contributed by atoms with van der Waals surface area (Å²) in [6.07, 6.45) is 0. The Labute approximate surface area is 175 Å². The van der Waals surface area contributed by atoms with E-state index in [-0.39, 0.29) is 5.91 Å². The number of para-hydroxylation sites is 1. The Bertz CT molecular complexity index is 836. The van der Waals surface area contributed by atoms with Crippen molar-refractivity contribution in [1.29, 1.82) is 0 Å². The summed E-state index contributed by atoms with van der Waals surface area (Å²) in [4.78, 5) is 21.9. The zero-order valence-corrected chi connectivity index (χ0v) is 17.8. The molecule has 1 aliphatic rings. The van der Waals surface area contributed by atoms with Gasteiger partial charge in [-0.2, -0.15) is 0 Å². The van der Waals surface area contributed by atoms with Crippen LogP contribution in [0, 0.1) is 6.92 Å². The Kier molecular flexibility index (Phi) is 7.36. The quantitative estimate of drug-likeness (QED) is 0.597. The van der Waals surface area contributed by atoms with Crippen LogP contribution in [0.25, 0.3) is 0 Å². The normalized spacial score (nSPS) is 15.5. The fourth-order valence-corrected chi connectivity index (χ4v) is 3.89. The number of amides is 1. The number of aliphatic imine (C=N–C) groups is 1. The molecule has 0 bridgehead atoms. The maximum absolute atomic E-state index is 12.5. The van der Waals surface area contributed by atoms with Crippen molar-refractivity contribution in [2.45, 2.75) is 6.92 Å². The molecule has 0 spiro atoms. The minimum absolute atomic E-state index is 0.0646. The van der Waals surface area contributed by atoms with Gasteiger partial charge in [0.25, 0.3) is 0 Å². The molecule has 1 N–H and O–H groups in total. The topological polar surface area (TPSA) is 47.9 Å². The summed E-state index contributed by atoms with van der Waals surface area (Å²) >= 11 is 7.52. The van der Waals surface area contributed by atoms with Gasteiger partial charge in [0.15, 0.2) is 5.17 Å². The molecule has 0 saturated carbocycles. The maximum Gasteiger partial charge on any atom is 0.234 e. The number of anilines is 1. The zero-order chi connectivity index (χ0) is 19.9. The third-order valence-electron chi connectivity index (χ3n) is 4.56. The molecular weight excluding hydrogens is 392 g/mol.